The lowest BCUT2D eigenvalue weighted by atomic mass is 9.99. The summed E-state index contributed by atoms with van der Waals surface area (Å²) in [6.45, 7) is 1.96. The molecule has 6 heteroatoms. The van der Waals surface area contributed by atoms with E-state index in [0.717, 1.165) is 11.1 Å². The monoisotopic (exact) mass is 486 g/mol. The maximum Gasteiger partial charge on any atom is 0.258 e. The summed E-state index contributed by atoms with van der Waals surface area (Å²) in [5.74, 6) is -0.408. The van der Waals surface area contributed by atoms with E-state index in [1.54, 1.807) is 37.4 Å². The molecule has 0 spiro atoms. The van der Waals surface area contributed by atoms with E-state index in [4.69, 9.17) is 4.74 Å². The molecule has 0 aromatic heterocycles. The van der Waals surface area contributed by atoms with Gasteiger partial charge in [0.25, 0.3) is 5.91 Å². The van der Waals surface area contributed by atoms with Crippen molar-refractivity contribution in [2.45, 2.75) is 44.4 Å². The van der Waals surface area contributed by atoms with Crippen molar-refractivity contribution < 1.29 is 18.7 Å². The first kappa shape index (κ1) is 25.2. The molecule has 36 heavy (non-hydrogen) atoms. The summed E-state index contributed by atoms with van der Waals surface area (Å²) >= 11 is 0. The number of benzene rings is 3. The van der Waals surface area contributed by atoms with Crippen molar-refractivity contribution in [1.29, 1.82) is 0 Å². The van der Waals surface area contributed by atoms with Crippen LogP contribution in [-0.4, -0.2) is 35.9 Å². The Morgan fingerprint density at radius 2 is 1.58 bits per heavy atom. The van der Waals surface area contributed by atoms with Gasteiger partial charge in [-0.05, 0) is 48.7 Å². The van der Waals surface area contributed by atoms with Gasteiger partial charge in [0.15, 0.2) is 0 Å². The molecule has 3 atom stereocenters. The second-order valence-corrected chi connectivity index (χ2v) is 9.10. The highest BCUT2D eigenvalue weighted by Gasteiger charge is 2.31. The fourth-order valence-electron chi connectivity index (χ4n) is 4.35. The standard InChI is InChI=1S/C30H31FN2O3/c1-21-10-6-8-14-26(23-16-18-24(31)19-17-23)32-29(34)27(20-22-11-4-3-5-12-22)33(2)30(35)25-13-7-9-15-28(25)36-21/h3-9,11-13,15-19,21,26-27H,10,14,20H2,1-2H3,(H,32,34)/b8-6-/t21-,26-,27+/m0/s1. The van der Waals surface area contributed by atoms with Crippen molar-refractivity contribution >= 4 is 11.8 Å². The summed E-state index contributed by atoms with van der Waals surface area (Å²) in [5.41, 5.74) is 2.15. The number of hydrogen-bond donors (Lipinski definition) is 1. The first-order chi connectivity index (χ1) is 17.4. The van der Waals surface area contributed by atoms with Crippen LogP contribution < -0.4 is 10.1 Å². The van der Waals surface area contributed by atoms with Gasteiger partial charge in [-0.15, -0.1) is 0 Å². The highest BCUT2D eigenvalue weighted by Crippen LogP contribution is 2.25. The van der Waals surface area contributed by atoms with Crippen molar-refractivity contribution in [2.24, 2.45) is 0 Å². The highest BCUT2D eigenvalue weighted by molar-refractivity contribution is 5.99. The zero-order chi connectivity index (χ0) is 25.5. The Morgan fingerprint density at radius 3 is 2.33 bits per heavy atom. The smallest absolute Gasteiger partial charge is 0.258 e. The number of nitrogens with zero attached hydrogens (tertiary/aromatic N) is 1. The summed E-state index contributed by atoms with van der Waals surface area (Å²) < 4.78 is 19.7. The average molecular weight is 487 g/mol. The van der Waals surface area contributed by atoms with Crippen molar-refractivity contribution in [1.82, 2.24) is 10.2 Å². The van der Waals surface area contributed by atoms with Crippen LogP contribution in [0, 0.1) is 5.82 Å². The lowest BCUT2D eigenvalue weighted by Crippen LogP contribution is -2.49. The number of fused-ring (bicyclic) bond motifs is 1. The first-order valence-electron chi connectivity index (χ1n) is 12.2. The number of para-hydroxylation sites is 1. The maximum absolute atomic E-state index is 13.7. The third-order valence-electron chi connectivity index (χ3n) is 6.40. The number of halogens is 1. The van der Waals surface area contributed by atoms with E-state index in [9.17, 15) is 14.0 Å². The lowest BCUT2D eigenvalue weighted by molar-refractivity contribution is -0.126. The lowest BCUT2D eigenvalue weighted by Gasteiger charge is -2.30. The molecule has 1 aliphatic heterocycles. The predicted molar refractivity (Wildman–Crippen MR) is 138 cm³/mol. The van der Waals surface area contributed by atoms with Crippen molar-refractivity contribution in [3.05, 3.63) is 114 Å². The van der Waals surface area contributed by atoms with E-state index >= 15 is 0 Å². The van der Waals surface area contributed by atoms with Gasteiger partial charge in [-0.25, -0.2) is 4.39 Å². The molecule has 5 nitrogen and oxygen atoms in total. The van der Waals surface area contributed by atoms with E-state index in [2.05, 4.69) is 5.32 Å². The Bertz CT molecular complexity index is 1210. The number of ether oxygens (including phenoxy) is 1. The van der Waals surface area contributed by atoms with Gasteiger partial charge in [0.05, 0.1) is 17.7 Å². The third-order valence-corrected chi connectivity index (χ3v) is 6.40. The zero-order valence-electron chi connectivity index (χ0n) is 20.6. The summed E-state index contributed by atoms with van der Waals surface area (Å²) in [4.78, 5) is 28.9. The van der Waals surface area contributed by atoms with Crippen LogP contribution in [0.1, 0.15) is 47.3 Å². The summed E-state index contributed by atoms with van der Waals surface area (Å²) in [6, 6.07) is 21.8. The van der Waals surface area contributed by atoms with Gasteiger partial charge in [0.1, 0.15) is 17.6 Å². The van der Waals surface area contributed by atoms with E-state index in [-0.39, 0.29) is 29.8 Å². The van der Waals surface area contributed by atoms with Crippen LogP contribution in [0.25, 0.3) is 0 Å². The van der Waals surface area contributed by atoms with E-state index in [0.29, 0.717) is 30.6 Å². The minimum absolute atomic E-state index is 0.151. The molecule has 3 aromatic rings. The molecule has 0 radical (unpaired) electrons. The van der Waals surface area contributed by atoms with Crippen molar-refractivity contribution in [3.8, 4) is 5.75 Å². The SMILES string of the molecule is C[C@H]1C/C=C\C[C@@H](c2ccc(F)cc2)NC(=O)[C@@H](Cc2ccccc2)N(C)C(=O)c2ccccc2O1. The first-order valence-corrected chi connectivity index (χ1v) is 12.2. The highest BCUT2D eigenvalue weighted by atomic mass is 19.1. The van der Waals surface area contributed by atoms with Gasteiger partial charge in [0, 0.05) is 19.9 Å². The number of carbonyl (C=O) groups excluding carboxylic acids is 2. The molecular formula is C30H31FN2O3. The Balaban J connectivity index is 1.73. The van der Waals surface area contributed by atoms with Crippen LogP contribution in [0.4, 0.5) is 4.39 Å². The van der Waals surface area contributed by atoms with Crippen LogP contribution in [0.2, 0.25) is 0 Å². The van der Waals surface area contributed by atoms with Crippen LogP contribution >= 0.6 is 0 Å². The predicted octanol–water partition coefficient (Wildman–Crippen LogP) is 5.48. The zero-order valence-corrected chi connectivity index (χ0v) is 20.6. The second kappa shape index (κ2) is 11.7. The van der Waals surface area contributed by atoms with Gasteiger partial charge in [-0.3, -0.25) is 9.59 Å². The molecule has 1 N–H and O–H groups in total. The van der Waals surface area contributed by atoms with Crippen molar-refractivity contribution in [2.75, 3.05) is 7.05 Å². The molecule has 4 rings (SSSR count). The van der Waals surface area contributed by atoms with E-state index < -0.39 is 6.04 Å². The van der Waals surface area contributed by atoms with E-state index in [1.165, 1.54) is 17.0 Å². The molecule has 0 saturated carbocycles. The van der Waals surface area contributed by atoms with Crippen molar-refractivity contribution in [3.63, 3.8) is 0 Å². The quantitative estimate of drug-likeness (QED) is 0.499. The molecule has 2 amide bonds. The fourth-order valence-corrected chi connectivity index (χ4v) is 4.35. The molecule has 3 aromatic carbocycles. The topological polar surface area (TPSA) is 58.6 Å². The van der Waals surface area contributed by atoms with Crippen LogP contribution in [-0.2, 0) is 11.2 Å². The number of carbonyl (C=O) groups is 2. The van der Waals surface area contributed by atoms with Crippen LogP contribution in [0.15, 0.2) is 91.0 Å². The van der Waals surface area contributed by atoms with Gasteiger partial charge >= 0.3 is 0 Å². The summed E-state index contributed by atoms with van der Waals surface area (Å²) in [7, 11) is 1.65. The van der Waals surface area contributed by atoms with Crippen LogP contribution in [0.3, 0.4) is 0 Å². The van der Waals surface area contributed by atoms with Crippen LogP contribution in [0.5, 0.6) is 5.75 Å². The third kappa shape index (κ3) is 6.19. The number of nitrogens with one attached hydrogen (secondary N) is 1. The van der Waals surface area contributed by atoms with Gasteiger partial charge in [0.2, 0.25) is 5.91 Å². The normalized spacial score (nSPS) is 22.1. The molecule has 0 unspecified atom stereocenters. The maximum atomic E-state index is 13.7. The number of amides is 2. The number of hydrogen-bond acceptors (Lipinski definition) is 3. The second-order valence-electron chi connectivity index (χ2n) is 9.10. The Morgan fingerprint density at radius 1 is 0.917 bits per heavy atom. The molecular weight excluding hydrogens is 455 g/mol. The molecule has 1 aliphatic rings. The Kier molecular flexibility index (Phi) is 8.16. The number of likely N-dealkylation sites (N-methyl/N-ethyl adjacent to an activating group) is 1. The molecule has 1 heterocycles. The number of rotatable bonds is 3. The average Bonchev–Trinajstić information content (AvgIpc) is 2.89. The largest absolute Gasteiger partial charge is 0.490 e. The minimum Gasteiger partial charge on any atom is -0.490 e. The molecule has 186 valence electrons. The van der Waals surface area contributed by atoms with E-state index in [1.807, 2.05) is 55.5 Å². The minimum atomic E-state index is -0.764. The molecule has 0 bridgehead atoms. The Labute approximate surface area is 211 Å². The van der Waals surface area contributed by atoms with Gasteiger partial charge < -0.3 is 15.0 Å². The Hall–Kier alpha value is -3.93. The molecule has 0 aliphatic carbocycles. The van der Waals surface area contributed by atoms with Gasteiger partial charge in [-0.1, -0.05) is 66.7 Å². The fraction of sp³-hybridized carbons (Fsp3) is 0.267. The molecule has 0 saturated heterocycles. The summed E-state index contributed by atoms with van der Waals surface area (Å²) in [6.07, 6.45) is 5.38. The molecule has 0 fully saturated rings. The summed E-state index contributed by atoms with van der Waals surface area (Å²) in [5, 5.41) is 3.13. The van der Waals surface area contributed by atoms with Gasteiger partial charge in [-0.2, -0.15) is 0 Å².